The van der Waals surface area contributed by atoms with Gasteiger partial charge in [0.1, 0.15) is 10.2 Å². The molecule has 0 bridgehead atoms. The third kappa shape index (κ3) is 4.97. The van der Waals surface area contributed by atoms with Crippen LogP contribution in [0, 0.1) is 0 Å². The number of hydrogen-bond donors (Lipinski definition) is 2. The first kappa shape index (κ1) is 12.8. The van der Waals surface area contributed by atoms with E-state index in [9.17, 15) is 4.79 Å². The zero-order valence-electron chi connectivity index (χ0n) is 9.37. The third-order valence-electron chi connectivity index (χ3n) is 1.44. The number of ether oxygens (including phenoxy) is 1. The maximum Gasteiger partial charge on any atom is 0.426 e. The summed E-state index contributed by atoms with van der Waals surface area (Å²) in [5.74, 6) is 0. The van der Waals surface area contributed by atoms with Gasteiger partial charge >= 0.3 is 6.09 Å². The first-order valence-corrected chi connectivity index (χ1v) is 5.53. The molecule has 0 aliphatic carbocycles. The molecular weight excluding hydrogens is 274 g/mol. The molecule has 1 aromatic heterocycles. The van der Waals surface area contributed by atoms with Crippen molar-refractivity contribution < 1.29 is 9.53 Å². The van der Waals surface area contributed by atoms with E-state index in [0.29, 0.717) is 5.69 Å². The monoisotopic (exact) mass is 287 g/mol. The van der Waals surface area contributed by atoms with Crippen LogP contribution in [-0.2, 0) is 4.74 Å². The predicted octanol–water partition coefficient (Wildman–Crippen LogP) is 2.70. The van der Waals surface area contributed by atoms with Gasteiger partial charge in [-0.25, -0.2) is 15.2 Å². The second-order valence-electron chi connectivity index (χ2n) is 4.12. The number of carbonyl (C=O) groups excluding carboxylic acids is 1. The van der Waals surface area contributed by atoms with Crippen molar-refractivity contribution in [2.75, 3.05) is 5.43 Å². The van der Waals surface area contributed by atoms with E-state index in [4.69, 9.17) is 4.74 Å². The van der Waals surface area contributed by atoms with Gasteiger partial charge in [0.05, 0.1) is 11.9 Å². The fourth-order valence-corrected chi connectivity index (χ4v) is 1.11. The molecule has 5 nitrogen and oxygen atoms in total. The van der Waals surface area contributed by atoms with E-state index in [0.717, 1.165) is 4.60 Å². The molecule has 0 aliphatic rings. The lowest BCUT2D eigenvalue weighted by molar-refractivity contribution is 0.0541. The summed E-state index contributed by atoms with van der Waals surface area (Å²) >= 11 is 3.21. The fraction of sp³-hybridized carbons (Fsp3) is 0.400. The lowest BCUT2D eigenvalue weighted by atomic mass is 10.2. The van der Waals surface area contributed by atoms with Gasteiger partial charge in [-0.3, -0.25) is 5.43 Å². The highest BCUT2D eigenvalue weighted by Gasteiger charge is 2.15. The Balaban J connectivity index is 2.40. The quantitative estimate of drug-likeness (QED) is 0.648. The van der Waals surface area contributed by atoms with Gasteiger partial charge in [0.15, 0.2) is 0 Å². The van der Waals surface area contributed by atoms with Crippen molar-refractivity contribution >= 4 is 27.7 Å². The Labute approximate surface area is 103 Å². The first-order chi connectivity index (χ1) is 7.37. The molecule has 16 heavy (non-hydrogen) atoms. The van der Waals surface area contributed by atoms with Crippen LogP contribution in [0.3, 0.4) is 0 Å². The summed E-state index contributed by atoms with van der Waals surface area (Å²) in [7, 11) is 0. The zero-order chi connectivity index (χ0) is 12.2. The molecular formula is C10H14BrN3O2. The van der Waals surface area contributed by atoms with Gasteiger partial charge in [-0.2, -0.15) is 0 Å². The van der Waals surface area contributed by atoms with Gasteiger partial charge in [0.25, 0.3) is 0 Å². The van der Waals surface area contributed by atoms with Crippen LogP contribution >= 0.6 is 15.9 Å². The molecule has 0 atom stereocenters. The number of nitrogens with one attached hydrogen (secondary N) is 2. The Morgan fingerprint density at radius 3 is 2.62 bits per heavy atom. The average molecular weight is 288 g/mol. The standard InChI is InChI=1S/C10H14BrN3O2/c1-10(2,3)16-9(15)14-13-7-4-5-8(11)12-6-7/h4-6,13H,1-3H3,(H,14,15). The number of halogens is 1. The topological polar surface area (TPSA) is 63.2 Å². The number of hydrogen-bond acceptors (Lipinski definition) is 4. The van der Waals surface area contributed by atoms with Crippen molar-refractivity contribution in [2.24, 2.45) is 0 Å². The Hall–Kier alpha value is -1.30. The predicted molar refractivity (Wildman–Crippen MR) is 64.9 cm³/mol. The van der Waals surface area contributed by atoms with Crippen molar-refractivity contribution in [1.82, 2.24) is 10.4 Å². The Bertz CT molecular complexity index is 359. The van der Waals surface area contributed by atoms with Gasteiger partial charge < -0.3 is 4.74 Å². The van der Waals surface area contributed by atoms with E-state index in [1.807, 2.05) is 0 Å². The first-order valence-electron chi connectivity index (χ1n) is 4.73. The normalized spacial score (nSPS) is 10.8. The van der Waals surface area contributed by atoms with Crippen LogP contribution in [0.15, 0.2) is 22.9 Å². The van der Waals surface area contributed by atoms with Crippen LogP contribution < -0.4 is 10.9 Å². The molecule has 6 heteroatoms. The number of hydrazine groups is 1. The number of carbonyl (C=O) groups is 1. The molecule has 1 rings (SSSR count). The molecule has 0 saturated heterocycles. The molecule has 0 fully saturated rings. The number of aromatic nitrogens is 1. The average Bonchev–Trinajstić information content (AvgIpc) is 2.14. The van der Waals surface area contributed by atoms with Crippen LogP contribution in [0.5, 0.6) is 0 Å². The van der Waals surface area contributed by atoms with E-state index in [1.54, 1.807) is 39.1 Å². The number of nitrogens with zero attached hydrogens (tertiary/aromatic N) is 1. The van der Waals surface area contributed by atoms with E-state index < -0.39 is 11.7 Å². The van der Waals surface area contributed by atoms with Crippen LogP contribution in [-0.4, -0.2) is 16.7 Å². The summed E-state index contributed by atoms with van der Waals surface area (Å²) in [5, 5.41) is 0. The molecule has 0 aromatic carbocycles. The second-order valence-corrected chi connectivity index (χ2v) is 4.93. The summed E-state index contributed by atoms with van der Waals surface area (Å²) < 4.78 is 5.77. The molecule has 0 spiro atoms. The van der Waals surface area contributed by atoms with E-state index in [-0.39, 0.29) is 0 Å². The largest absolute Gasteiger partial charge is 0.443 e. The van der Waals surface area contributed by atoms with E-state index in [2.05, 4.69) is 31.8 Å². The highest BCUT2D eigenvalue weighted by atomic mass is 79.9. The molecule has 0 aliphatic heterocycles. The number of anilines is 1. The Morgan fingerprint density at radius 2 is 2.12 bits per heavy atom. The fourth-order valence-electron chi connectivity index (χ4n) is 0.877. The van der Waals surface area contributed by atoms with Gasteiger partial charge in [-0.15, -0.1) is 0 Å². The minimum atomic E-state index is -0.532. The minimum absolute atomic E-state index is 0.510. The summed E-state index contributed by atoms with van der Waals surface area (Å²) in [5.41, 5.74) is 5.26. The maximum absolute atomic E-state index is 11.3. The SMILES string of the molecule is CC(C)(C)OC(=O)NNc1ccc(Br)nc1. The highest BCUT2D eigenvalue weighted by molar-refractivity contribution is 9.10. The maximum atomic E-state index is 11.3. The van der Waals surface area contributed by atoms with Gasteiger partial charge in [-0.1, -0.05) is 0 Å². The van der Waals surface area contributed by atoms with Gasteiger partial charge in [0, 0.05) is 0 Å². The summed E-state index contributed by atoms with van der Waals surface area (Å²) in [4.78, 5) is 15.3. The van der Waals surface area contributed by atoms with Crippen LogP contribution in [0.4, 0.5) is 10.5 Å². The summed E-state index contributed by atoms with van der Waals surface area (Å²) in [6, 6.07) is 3.54. The highest BCUT2D eigenvalue weighted by Crippen LogP contribution is 2.10. The Morgan fingerprint density at radius 1 is 1.44 bits per heavy atom. The van der Waals surface area contributed by atoms with E-state index >= 15 is 0 Å². The van der Waals surface area contributed by atoms with Crippen LogP contribution in [0.1, 0.15) is 20.8 Å². The lowest BCUT2D eigenvalue weighted by Gasteiger charge is -2.19. The van der Waals surface area contributed by atoms with Crippen molar-refractivity contribution in [3.05, 3.63) is 22.9 Å². The Kier molecular flexibility index (Phi) is 4.12. The van der Waals surface area contributed by atoms with Crippen molar-refractivity contribution in [3.8, 4) is 0 Å². The molecule has 1 heterocycles. The molecule has 1 aromatic rings. The molecule has 0 unspecified atom stereocenters. The summed E-state index contributed by atoms with van der Waals surface area (Å²) in [6.45, 7) is 5.40. The molecule has 0 radical (unpaired) electrons. The van der Waals surface area contributed by atoms with Crippen molar-refractivity contribution in [1.29, 1.82) is 0 Å². The van der Waals surface area contributed by atoms with E-state index in [1.165, 1.54) is 0 Å². The number of pyridine rings is 1. The zero-order valence-corrected chi connectivity index (χ0v) is 11.0. The molecule has 0 saturated carbocycles. The molecule has 2 N–H and O–H groups in total. The molecule has 88 valence electrons. The number of rotatable bonds is 2. The lowest BCUT2D eigenvalue weighted by Crippen LogP contribution is -2.35. The summed E-state index contributed by atoms with van der Waals surface area (Å²) in [6.07, 6.45) is 1.05. The molecule has 1 amide bonds. The minimum Gasteiger partial charge on any atom is -0.443 e. The van der Waals surface area contributed by atoms with Crippen LogP contribution in [0.2, 0.25) is 0 Å². The van der Waals surface area contributed by atoms with Crippen LogP contribution in [0.25, 0.3) is 0 Å². The van der Waals surface area contributed by atoms with Crippen molar-refractivity contribution in [2.45, 2.75) is 26.4 Å². The third-order valence-corrected chi connectivity index (χ3v) is 1.90. The van der Waals surface area contributed by atoms with Gasteiger partial charge in [-0.05, 0) is 48.8 Å². The second kappa shape index (κ2) is 5.16. The number of amides is 1. The van der Waals surface area contributed by atoms with Crippen molar-refractivity contribution in [3.63, 3.8) is 0 Å². The van der Waals surface area contributed by atoms with Gasteiger partial charge in [0.2, 0.25) is 0 Å². The smallest absolute Gasteiger partial charge is 0.426 e.